The highest BCUT2D eigenvalue weighted by atomic mass is 32.2. The molecule has 2 rings (SSSR count). The van der Waals surface area contributed by atoms with Crippen molar-refractivity contribution in [1.82, 2.24) is 9.78 Å². The van der Waals surface area contributed by atoms with Crippen LogP contribution in [0.15, 0.2) is 35.5 Å². The molecule has 0 saturated carbocycles. The number of aliphatic hydroxyl groups is 1. The molecule has 7 heteroatoms. The van der Waals surface area contributed by atoms with E-state index in [2.05, 4.69) is 9.82 Å². The lowest BCUT2D eigenvalue weighted by molar-refractivity contribution is 0.277. The van der Waals surface area contributed by atoms with E-state index in [0.717, 1.165) is 11.1 Å². The number of nitrogens with one attached hydrogen (secondary N) is 1. The summed E-state index contributed by atoms with van der Waals surface area (Å²) < 4.78 is 28.6. The van der Waals surface area contributed by atoms with Gasteiger partial charge in [-0.25, -0.2) is 8.42 Å². The predicted octanol–water partition coefficient (Wildman–Crippen LogP) is 1.68. The predicted molar refractivity (Wildman–Crippen MR) is 80.7 cm³/mol. The second-order valence-corrected chi connectivity index (χ2v) is 6.60. The molecular weight excluding hydrogens is 290 g/mol. The van der Waals surface area contributed by atoms with Gasteiger partial charge in [0.1, 0.15) is 4.90 Å². The van der Waals surface area contributed by atoms with Crippen LogP contribution in [-0.4, -0.2) is 29.9 Å². The summed E-state index contributed by atoms with van der Waals surface area (Å²) in [4.78, 5) is 0.110. The van der Waals surface area contributed by atoms with Gasteiger partial charge in [-0.2, -0.15) is 5.10 Å². The zero-order valence-corrected chi connectivity index (χ0v) is 12.9. The molecule has 114 valence electrons. The summed E-state index contributed by atoms with van der Waals surface area (Å²) in [6.45, 7) is 4.43. The van der Waals surface area contributed by atoms with Gasteiger partial charge in [0.15, 0.2) is 0 Å². The lowest BCUT2D eigenvalue weighted by Gasteiger charge is -2.08. The number of rotatable bonds is 6. The molecule has 0 aliphatic carbocycles. The molecule has 0 unspecified atom stereocenters. The van der Waals surface area contributed by atoms with E-state index >= 15 is 0 Å². The fourth-order valence-electron chi connectivity index (χ4n) is 1.86. The number of hydrogen-bond donors (Lipinski definition) is 2. The van der Waals surface area contributed by atoms with Crippen LogP contribution >= 0.6 is 0 Å². The van der Waals surface area contributed by atoms with Crippen LogP contribution in [0.1, 0.15) is 17.5 Å². The number of aromatic nitrogens is 2. The van der Waals surface area contributed by atoms with Crippen molar-refractivity contribution in [2.75, 3.05) is 11.3 Å². The van der Waals surface area contributed by atoms with Gasteiger partial charge in [-0.1, -0.05) is 6.07 Å². The quantitative estimate of drug-likeness (QED) is 0.850. The summed E-state index contributed by atoms with van der Waals surface area (Å²) in [5, 5.41) is 12.7. The van der Waals surface area contributed by atoms with Crippen LogP contribution < -0.4 is 4.72 Å². The lowest BCUT2D eigenvalue weighted by atomic mass is 10.1. The van der Waals surface area contributed by atoms with Gasteiger partial charge in [0.05, 0.1) is 6.20 Å². The smallest absolute Gasteiger partial charge is 0.265 e. The summed E-state index contributed by atoms with van der Waals surface area (Å²) >= 11 is 0. The summed E-state index contributed by atoms with van der Waals surface area (Å²) in [5.74, 6) is 0. The Morgan fingerprint density at radius 2 is 2.05 bits per heavy atom. The first-order valence-electron chi connectivity index (χ1n) is 6.66. The van der Waals surface area contributed by atoms with Crippen LogP contribution in [0.5, 0.6) is 0 Å². The average molecular weight is 309 g/mol. The third-order valence-corrected chi connectivity index (χ3v) is 4.56. The SMILES string of the molecule is Cc1ccc(NS(=O)(=O)c2cnn(CCCO)c2)cc1C. The van der Waals surface area contributed by atoms with Crippen molar-refractivity contribution in [3.05, 3.63) is 41.7 Å². The Bertz CT molecular complexity index is 723. The first-order valence-corrected chi connectivity index (χ1v) is 8.14. The summed E-state index contributed by atoms with van der Waals surface area (Å²) in [6, 6.07) is 5.40. The molecule has 0 saturated heterocycles. The Morgan fingerprint density at radius 1 is 1.29 bits per heavy atom. The highest BCUT2D eigenvalue weighted by Gasteiger charge is 2.16. The largest absolute Gasteiger partial charge is 0.396 e. The van der Waals surface area contributed by atoms with Crippen LogP contribution in [-0.2, 0) is 16.6 Å². The van der Waals surface area contributed by atoms with Gasteiger partial charge in [0.25, 0.3) is 10.0 Å². The van der Waals surface area contributed by atoms with Crippen molar-refractivity contribution in [1.29, 1.82) is 0 Å². The topological polar surface area (TPSA) is 84.2 Å². The molecular formula is C14H19N3O3S. The number of hydrogen-bond acceptors (Lipinski definition) is 4. The third-order valence-electron chi connectivity index (χ3n) is 3.22. The number of anilines is 1. The summed E-state index contributed by atoms with van der Waals surface area (Å²) in [6.07, 6.45) is 3.30. The van der Waals surface area contributed by atoms with E-state index in [0.29, 0.717) is 18.7 Å². The molecule has 1 aromatic carbocycles. The summed E-state index contributed by atoms with van der Waals surface area (Å²) in [5.41, 5.74) is 2.66. The first-order chi connectivity index (χ1) is 9.92. The van der Waals surface area contributed by atoms with Crippen molar-refractivity contribution in [3.8, 4) is 0 Å². The van der Waals surface area contributed by atoms with Crippen molar-refractivity contribution in [2.24, 2.45) is 0 Å². The highest BCUT2D eigenvalue weighted by molar-refractivity contribution is 7.92. The number of benzene rings is 1. The van der Waals surface area contributed by atoms with Gasteiger partial charge in [-0.3, -0.25) is 9.40 Å². The molecule has 0 fully saturated rings. The third kappa shape index (κ3) is 3.83. The van der Waals surface area contributed by atoms with Crippen molar-refractivity contribution in [3.63, 3.8) is 0 Å². The Kier molecular flexibility index (Phi) is 4.64. The Morgan fingerprint density at radius 3 is 2.71 bits per heavy atom. The van der Waals surface area contributed by atoms with Crippen LogP contribution in [0.25, 0.3) is 0 Å². The maximum atomic E-state index is 12.3. The van der Waals surface area contributed by atoms with E-state index in [9.17, 15) is 8.42 Å². The van der Waals surface area contributed by atoms with Gasteiger partial charge in [0, 0.05) is 25.0 Å². The number of nitrogens with zero attached hydrogens (tertiary/aromatic N) is 2. The minimum Gasteiger partial charge on any atom is -0.396 e. The van der Waals surface area contributed by atoms with Gasteiger partial charge in [0.2, 0.25) is 0 Å². The molecule has 0 aliphatic heterocycles. The number of aliphatic hydroxyl groups excluding tert-OH is 1. The van der Waals surface area contributed by atoms with Crippen molar-refractivity contribution >= 4 is 15.7 Å². The highest BCUT2D eigenvalue weighted by Crippen LogP contribution is 2.18. The van der Waals surface area contributed by atoms with E-state index in [1.807, 2.05) is 19.9 Å². The van der Waals surface area contributed by atoms with Crippen LogP contribution in [0.4, 0.5) is 5.69 Å². The maximum Gasteiger partial charge on any atom is 0.265 e. The Hall–Kier alpha value is -1.86. The van der Waals surface area contributed by atoms with E-state index in [-0.39, 0.29) is 11.5 Å². The van der Waals surface area contributed by atoms with E-state index in [4.69, 9.17) is 5.11 Å². The molecule has 0 bridgehead atoms. The molecule has 6 nitrogen and oxygen atoms in total. The molecule has 0 radical (unpaired) electrons. The van der Waals surface area contributed by atoms with Crippen molar-refractivity contribution in [2.45, 2.75) is 31.7 Å². The molecule has 1 aromatic heterocycles. The lowest BCUT2D eigenvalue weighted by Crippen LogP contribution is -2.12. The van der Waals surface area contributed by atoms with E-state index in [1.54, 1.807) is 12.1 Å². The molecule has 0 aliphatic rings. The molecule has 0 spiro atoms. The molecule has 0 atom stereocenters. The molecule has 2 N–H and O–H groups in total. The Labute approximate surface area is 124 Å². The van der Waals surface area contributed by atoms with Crippen LogP contribution in [0.3, 0.4) is 0 Å². The number of sulfonamides is 1. The van der Waals surface area contributed by atoms with E-state index in [1.165, 1.54) is 17.1 Å². The monoisotopic (exact) mass is 309 g/mol. The molecule has 1 heterocycles. The second kappa shape index (κ2) is 6.28. The van der Waals surface area contributed by atoms with Gasteiger partial charge in [-0.15, -0.1) is 0 Å². The molecule has 21 heavy (non-hydrogen) atoms. The molecule has 0 amide bonds. The minimum absolute atomic E-state index is 0.0445. The van der Waals surface area contributed by atoms with Gasteiger partial charge >= 0.3 is 0 Å². The van der Waals surface area contributed by atoms with Crippen molar-refractivity contribution < 1.29 is 13.5 Å². The molecule has 2 aromatic rings. The average Bonchev–Trinajstić information content (AvgIpc) is 2.90. The fourth-order valence-corrected chi connectivity index (χ4v) is 2.86. The Balaban J connectivity index is 2.17. The van der Waals surface area contributed by atoms with Gasteiger partial charge < -0.3 is 5.11 Å². The normalized spacial score (nSPS) is 11.6. The zero-order valence-electron chi connectivity index (χ0n) is 12.1. The fraction of sp³-hybridized carbons (Fsp3) is 0.357. The minimum atomic E-state index is -3.64. The standard InChI is InChI=1S/C14H19N3O3S/c1-11-4-5-13(8-12(11)2)16-21(19,20)14-9-15-17(10-14)6-3-7-18/h4-5,8-10,16,18H,3,6-7H2,1-2H3. The maximum absolute atomic E-state index is 12.3. The van der Waals surface area contributed by atoms with E-state index < -0.39 is 10.0 Å². The number of aryl methyl sites for hydroxylation is 3. The van der Waals surface area contributed by atoms with Crippen LogP contribution in [0.2, 0.25) is 0 Å². The van der Waals surface area contributed by atoms with Gasteiger partial charge in [-0.05, 0) is 43.5 Å². The second-order valence-electron chi connectivity index (χ2n) is 4.92. The van der Waals surface area contributed by atoms with Crippen LogP contribution in [0, 0.1) is 13.8 Å². The first kappa shape index (κ1) is 15.5. The summed E-state index contributed by atoms with van der Waals surface area (Å²) in [7, 11) is -3.64. The zero-order chi connectivity index (χ0) is 15.5.